The first kappa shape index (κ1) is 19.6. The maximum absolute atomic E-state index is 12.2. The molecular weight excluding hydrogens is 334 g/mol. The predicted octanol–water partition coefficient (Wildman–Crippen LogP) is 3.49. The minimum absolute atomic E-state index is 0.119. The second-order valence-corrected chi connectivity index (χ2v) is 6.63. The lowest BCUT2D eigenvalue weighted by Gasteiger charge is -2.13. The summed E-state index contributed by atoms with van der Waals surface area (Å²) >= 11 is 0. The molecule has 140 valence electrons. The van der Waals surface area contributed by atoms with E-state index in [2.05, 4.69) is 13.8 Å². The SMILES string of the molecule is CC(C)CCOc1coc(COC(=O)c2cccc(N(C)C)c2)cc1=O. The Bertz CT molecular complexity index is 795. The summed E-state index contributed by atoms with van der Waals surface area (Å²) in [5, 5.41) is 0. The van der Waals surface area contributed by atoms with Crippen LogP contribution in [-0.2, 0) is 11.3 Å². The van der Waals surface area contributed by atoms with Gasteiger partial charge in [0.2, 0.25) is 11.2 Å². The Kier molecular flexibility index (Phi) is 6.83. The van der Waals surface area contributed by atoms with Crippen molar-refractivity contribution in [1.82, 2.24) is 0 Å². The van der Waals surface area contributed by atoms with Crippen molar-refractivity contribution in [3.63, 3.8) is 0 Å². The summed E-state index contributed by atoms with van der Waals surface area (Å²) in [4.78, 5) is 26.1. The van der Waals surface area contributed by atoms with Crippen LogP contribution >= 0.6 is 0 Å². The van der Waals surface area contributed by atoms with Crippen LogP contribution in [0.15, 0.2) is 45.8 Å². The second kappa shape index (κ2) is 9.08. The number of hydrogen-bond donors (Lipinski definition) is 0. The monoisotopic (exact) mass is 359 g/mol. The molecule has 0 aliphatic carbocycles. The third kappa shape index (κ3) is 5.65. The molecule has 0 bridgehead atoms. The Morgan fingerprint density at radius 2 is 2.00 bits per heavy atom. The minimum Gasteiger partial charge on any atom is -0.487 e. The summed E-state index contributed by atoms with van der Waals surface area (Å²) in [6, 6.07) is 8.39. The molecule has 0 saturated carbocycles. The molecular formula is C20H25NO5. The van der Waals surface area contributed by atoms with Gasteiger partial charge in [0.15, 0.2) is 0 Å². The number of nitrogens with zero attached hydrogens (tertiary/aromatic N) is 1. The molecule has 2 rings (SSSR count). The van der Waals surface area contributed by atoms with E-state index >= 15 is 0 Å². The molecule has 0 atom stereocenters. The van der Waals surface area contributed by atoms with Crippen molar-refractivity contribution in [2.75, 3.05) is 25.6 Å². The van der Waals surface area contributed by atoms with Crippen LogP contribution in [0, 0.1) is 5.92 Å². The molecule has 1 aromatic heterocycles. The summed E-state index contributed by atoms with van der Waals surface area (Å²) in [7, 11) is 3.79. The third-order valence-electron chi connectivity index (χ3n) is 3.75. The van der Waals surface area contributed by atoms with E-state index in [1.54, 1.807) is 18.2 Å². The smallest absolute Gasteiger partial charge is 0.338 e. The Hall–Kier alpha value is -2.76. The van der Waals surface area contributed by atoms with E-state index in [-0.39, 0.29) is 23.5 Å². The molecule has 0 unspecified atom stereocenters. The van der Waals surface area contributed by atoms with Crippen molar-refractivity contribution < 1.29 is 18.7 Å². The summed E-state index contributed by atoms with van der Waals surface area (Å²) in [6.07, 6.45) is 2.11. The zero-order chi connectivity index (χ0) is 19.1. The first-order valence-corrected chi connectivity index (χ1v) is 8.56. The quantitative estimate of drug-likeness (QED) is 0.672. The van der Waals surface area contributed by atoms with Crippen molar-refractivity contribution in [2.45, 2.75) is 26.9 Å². The Morgan fingerprint density at radius 3 is 2.65 bits per heavy atom. The van der Waals surface area contributed by atoms with Crippen LogP contribution in [0.3, 0.4) is 0 Å². The summed E-state index contributed by atoms with van der Waals surface area (Å²) in [5.41, 5.74) is 1.04. The van der Waals surface area contributed by atoms with Gasteiger partial charge in [-0.3, -0.25) is 4.79 Å². The largest absolute Gasteiger partial charge is 0.487 e. The van der Waals surface area contributed by atoms with Gasteiger partial charge in [0.1, 0.15) is 18.6 Å². The van der Waals surface area contributed by atoms with E-state index in [0.29, 0.717) is 18.1 Å². The maximum atomic E-state index is 12.2. The molecule has 0 aliphatic heterocycles. The van der Waals surface area contributed by atoms with E-state index in [1.165, 1.54) is 12.3 Å². The number of rotatable bonds is 8. The number of ether oxygens (including phenoxy) is 2. The van der Waals surface area contributed by atoms with E-state index < -0.39 is 5.97 Å². The number of anilines is 1. The van der Waals surface area contributed by atoms with Crippen molar-refractivity contribution in [1.29, 1.82) is 0 Å². The fraction of sp³-hybridized carbons (Fsp3) is 0.400. The van der Waals surface area contributed by atoms with Crippen LogP contribution in [0.1, 0.15) is 36.4 Å². The minimum atomic E-state index is -0.478. The average Bonchev–Trinajstić information content (AvgIpc) is 2.61. The summed E-state index contributed by atoms with van der Waals surface area (Å²) < 4.78 is 16.0. The lowest BCUT2D eigenvalue weighted by molar-refractivity contribution is 0.0442. The maximum Gasteiger partial charge on any atom is 0.338 e. The van der Waals surface area contributed by atoms with Gasteiger partial charge < -0.3 is 18.8 Å². The van der Waals surface area contributed by atoms with Crippen LogP contribution in [0.5, 0.6) is 5.75 Å². The zero-order valence-electron chi connectivity index (χ0n) is 15.7. The number of carbonyl (C=O) groups excluding carboxylic acids is 1. The lowest BCUT2D eigenvalue weighted by Crippen LogP contribution is -2.12. The molecule has 1 heterocycles. The fourth-order valence-electron chi connectivity index (χ4n) is 2.16. The molecule has 0 N–H and O–H groups in total. The second-order valence-electron chi connectivity index (χ2n) is 6.63. The summed E-state index contributed by atoms with van der Waals surface area (Å²) in [6.45, 7) is 4.50. The highest BCUT2D eigenvalue weighted by Gasteiger charge is 2.11. The van der Waals surface area contributed by atoms with Gasteiger partial charge >= 0.3 is 5.97 Å². The molecule has 0 aliphatic rings. The normalized spacial score (nSPS) is 10.7. The van der Waals surface area contributed by atoms with Gasteiger partial charge in [-0.25, -0.2) is 4.79 Å². The van der Waals surface area contributed by atoms with E-state index in [1.807, 2.05) is 25.1 Å². The molecule has 0 spiro atoms. The Labute approximate surface area is 153 Å². The van der Waals surface area contributed by atoms with Gasteiger partial charge in [0, 0.05) is 25.8 Å². The highest BCUT2D eigenvalue weighted by Crippen LogP contribution is 2.15. The average molecular weight is 359 g/mol. The summed E-state index contributed by atoms with van der Waals surface area (Å²) in [5.74, 6) is 0.447. The van der Waals surface area contributed by atoms with E-state index in [4.69, 9.17) is 13.9 Å². The van der Waals surface area contributed by atoms with Crippen LogP contribution in [0.4, 0.5) is 5.69 Å². The standard InChI is InChI=1S/C20H25NO5/c1-14(2)8-9-24-19-13-25-17(11-18(19)22)12-26-20(23)15-6-5-7-16(10-15)21(3)4/h5-7,10-11,13-14H,8-9,12H2,1-4H3. The molecule has 0 fully saturated rings. The number of esters is 1. The highest BCUT2D eigenvalue weighted by atomic mass is 16.5. The molecule has 0 radical (unpaired) electrons. The van der Waals surface area contributed by atoms with E-state index in [0.717, 1.165) is 12.1 Å². The third-order valence-corrected chi connectivity index (χ3v) is 3.75. The first-order valence-electron chi connectivity index (χ1n) is 8.56. The molecule has 6 heteroatoms. The Balaban J connectivity index is 1.95. The van der Waals surface area contributed by atoms with Gasteiger partial charge in [-0.1, -0.05) is 19.9 Å². The number of hydrogen-bond acceptors (Lipinski definition) is 6. The number of benzene rings is 1. The van der Waals surface area contributed by atoms with Crippen LogP contribution < -0.4 is 15.1 Å². The molecule has 1 aromatic carbocycles. The van der Waals surface area contributed by atoms with Gasteiger partial charge in [-0.15, -0.1) is 0 Å². The van der Waals surface area contributed by atoms with Crippen molar-refractivity contribution in [2.24, 2.45) is 5.92 Å². The van der Waals surface area contributed by atoms with Crippen LogP contribution in [0.2, 0.25) is 0 Å². The van der Waals surface area contributed by atoms with Crippen molar-refractivity contribution >= 4 is 11.7 Å². The van der Waals surface area contributed by atoms with Gasteiger partial charge in [0.05, 0.1) is 12.2 Å². The zero-order valence-corrected chi connectivity index (χ0v) is 15.7. The highest BCUT2D eigenvalue weighted by molar-refractivity contribution is 5.90. The molecule has 0 saturated heterocycles. The van der Waals surface area contributed by atoms with Gasteiger partial charge in [-0.2, -0.15) is 0 Å². The molecule has 6 nitrogen and oxygen atoms in total. The first-order chi connectivity index (χ1) is 12.4. The van der Waals surface area contributed by atoms with Crippen LogP contribution in [0.25, 0.3) is 0 Å². The number of carbonyl (C=O) groups is 1. The topological polar surface area (TPSA) is 69.0 Å². The van der Waals surface area contributed by atoms with E-state index in [9.17, 15) is 9.59 Å². The molecule has 0 amide bonds. The van der Waals surface area contributed by atoms with Crippen molar-refractivity contribution in [3.05, 3.63) is 58.1 Å². The van der Waals surface area contributed by atoms with Gasteiger partial charge in [-0.05, 0) is 30.5 Å². The van der Waals surface area contributed by atoms with Crippen LogP contribution in [-0.4, -0.2) is 26.7 Å². The fourth-order valence-corrected chi connectivity index (χ4v) is 2.16. The predicted molar refractivity (Wildman–Crippen MR) is 99.8 cm³/mol. The van der Waals surface area contributed by atoms with Crippen molar-refractivity contribution in [3.8, 4) is 5.75 Å². The molecule has 26 heavy (non-hydrogen) atoms. The van der Waals surface area contributed by atoms with Gasteiger partial charge in [0.25, 0.3) is 0 Å². The Morgan fingerprint density at radius 1 is 1.23 bits per heavy atom. The lowest BCUT2D eigenvalue weighted by atomic mass is 10.1. The molecule has 2 aromatic rings.